The Bertz CT molecular complexity index is 483. The topological polar surface area (TPSA) is 74.3 Å². The first-order chi connectivity index (χ1) is 8.09. The summed E-state index contributed by atoms with van der Waals surface area (Å²) in [6.45, 7) is 4.21. The number of hydrogen-bond acceptors (Lipinski definition) is 4. The molecule has 2 heterocycles. The number of nitrogens with zero attached hydrogens (tertiary/aromatic N) is 2. The van der Waals surface area contributed by atoms with Crippen molar-refractivity contribution in [3.05, 3.63) is 24.0 Å². The lowest BCUT2D eigenvalue weighted by Gasteiger charge is -2.27. The first-order valence-corrected chi connectivity index (χ1v) is 6.93. The van der Waals surface area contributed by atoms with Gasteiger partial charge in [-0.2, -0.15) is 12.7 Å². The molecule has 7 heteroatoms. The van der Waals surface area contributed by atoms with E-state index in [1.54, 1.807) is 12.3 Å². The van der Waals surface area contributed by atoms with Crippen molar-refractivity contribution in [1.29, 1.82) is 0 Å². The summed E-state index contributed by atoms with van der Waals surface area (Å²) in [4.78, 5) is 3.92. The summed E-state index contributed by atoms with van der Waals surface area (Å²) >= 11 is 0. The zero-order valence-electron chi connectivity index (χ0n) is 9.68. The average molecular weight is 256 g/mol. The van der Waals surface area contributed by atoms with Crippen molar-refractivity contribution in [1.82, 2.24) is 14.6 Å². The number of hydrogen-bond donors (Lipinski definition) is 2. The average Bonchev–Trinajstić information content (AvgIpc) is 2.33. The van der Waals surface area contributed by atoms with E-state index in [1.165, 1.54) is 10.5 Å². The normalized spacial score (nSPS) is 17.9. The van der Waals surface area contributed by atoms with E-state index in [0.29, 0.717) is 31.9 Å². The number of pyridine rings is 1. The Kier molecular flexibility index (Phi) is 3.60. The van der Waals surface area contributed by atoms with Gasteiger partial charge in [0.25, 0.3) is 0 Å². The molecule has 1 aromatic heterocycles. The van der Waals surface area contributed by atoms with Crippen LogP contribution in [0.15, 0.2) is 18.5 Å². The van der Waals surface area contributed by atoms with Crippen LogP contribution in [0.3, 0.4) is 0 Å². The van der Waals surface area contributed by atoms with Crippen molar-refractivity contribution in [2.24, 2.45) is 0 Å². The summed E-state index contributed by atoms with van der Waals surface area (Å²) in [7, 11) is -3.46. The van der Waals surface area contributed by atoms with Crippen molar-refractivity contribution >= 4 is 15.9 Å². The van der Waals surface area contributed by atoms with E-state index in [9.17, 15) is 8.42 Å². The molecular weight excluding hydrogens is 240 g/mol. The van der Waals surface area contributed by atoms with Crippen molar-refractivity contribution < 1.29 is 8.42 Å². The van der Waals surface area contributed by atoms with Gasteiger partial charge in [0.05, 0.1) is 11.9 Å². The summed E-state index contributed by atoms with van der Waals surface area (Å²) in [6.07, 6.45) is 3.16. The maximum absolute atomic E-state index is 12.1. The molecule has 1 aliphatic rings. The third-order valence-electron chi connectivity index (χ3n) is 2.69. The van der Waals surface area contributed by atoms with Crippen LogP contribution in [0.4, 0.5) is 5.69 Å². The van der Waals surface area contributed by atoms with E-state index < -0.39 is 10.2 Å². The fraction of sp³-hybridized carbons (Fsp3) is 0.500. The molecule has 17 heavy (non-hydrogen) atoms. The third-order valence-corrected chi connectivity index (χ3v) is 4.22. The zero-order valence-corrected chi connectivity index (χ0v) is 10.5. The molecule has 0 radical (unpaired) electrons. The lowest BCUT2D eigenvalue weighted by molar-refractivity contribution is 0.362. The fourth-order valence-electron chi connectivity index (χ4n) is 1.66. The predicted molar refractivity (Wildman–Crippen MR) is 66.0 cm³/mol. The number of aromatic nitrogens is 1. The van der Waals surface area contributed by atoms with E-state index in [0.717, 1.165) is 5.56 Å². The molecule has 2 rings (SSSR count). The summed E-state index contributed by atoms with van der Waals surface area (Å²) in [5.74, 6) is 0. The SMILES string of the molecule is Cc1ccncc1NS(=O)(=O)N1CCNCC1. The van der Waals surface area contributed by atoms with Crippen LogP contribution in [0.5, 0.6) is 0 Å². The summed E-state index contributed by atoms with van der Waals surface area (Å²) in [6, 6.07) is 1.77. The maximum atomic E-state index is 12.1. The molecule has 1 saturated heterocycles. The second-order valence-electron chi connectivity index (χ2n) is 3.95. The molecule has 0 aliphatic carbocycles. The van der Waals surface area contributed by atoms with Crippen LogP contribution in [0.1, 0.15) is 5.56 Å². The van der Waals surface area contributed by atoms with Crippen LogP contribution in [0.25, 0.3) is 0 Å². The number of rotatable bonds is 3. The molecule has 0 amide bonds. The number of piperazine rings is 1. The van der Waals surface area contributed by atoms with Crippen molar-refractivity contribution in [2.75, 3.05) is 30.9 Å². The molecule has 0 unspecified atom stereocenters. The van der Waals surface area contributed by atoms with Gasteiger partial charge in [0, 0.05) is 32.4 Å². The van der Waals surface area contributed by atoms with Gasteiger partial charge >= 0.3 is 10.2 Å². The highest BCUT2D eigenvalue weighted by Gasteiger charge is 2.23. The van der Waals surface area contributed by atoms with Crippen LogP contribution in [0, 0.1) is 6.92 Å². The quantitative estimate of drug-likeness (QED) is 0.795. The Morgan fingerprint density at radius 3 is 2.76 bits per heavy atom. The second kappa shape index (κ2) is 4.99. The first kappa shape index (κ1) is 12.3. The van der Waals surface area contributed by atoms with Gasteiger partial charge in [0.2, 0.25) is 0 Å². The Balaban J connectivity index is 2.14. The van der Waals surface area contributed by atoms with Gasteiger partial charge in [0.1, 0.15) is 0 Å². The first-order valence-electron chi connectivity index (χ1n) is 5.49. The molecule has 0 atom stereocenters. The molecule has 94 valence electrons. The van der Waals surface area contributed by atoms with Gasteiger partial charge < -0.3 is 5.32 Å². The standard InChI is InChI=1S/C10H16N4O2S/c1-9-2-3-12-8-10(9)13-17(15,16)14-6-4-11-5-7-14/h2-3,8,11,13H,4-7H2,1H3. The van der Waals surface area contributed by atoms with Crippen LogP contribution >= 0.6 is 0 Å². The molecule has 6 nitrogen and oxygen atoms in total. The van der Waals surface area contributed by atoms with Crippen LogP contribution in [-0.2, 0) is 10.2 Å². The second-order valence-corrected chi connectivity index (χ2v) is 5.62. The van der Waals surface area contributed by atoms with Crippen LogP contribution in [-0.4, -0.2) is 43.9 Å². The third kappa shape index (κ3) is 2.93. The maximum Gasteiger partial charge on any atom is 0.301 e. The highest BCUT2D eigenvalue weighted by Crippen LogP contribution is 2.15. The summed E-state index contributed by atoms with van der Waals surface area (Å²) < 4.78 is 28.1. The fourth-order valence-corrected chi connectivity index (χ4v) is 2.94. The lowest BCUT2D eigenvalue weighted by Crippen LogP contribution is -2.48. The minimum absolute atomic E-state index is 0.495. The molecule has 1 aromatic rings. The Morgan fingerprint density at radius 1 is 1.41 bits per heavy atom. The van der Waals surface area contributed by atoms with Crippen molar-refractivity contribution in [3.8, 4) is 0 Å². The van der Waals surface area contributed by atoms with Crippen LogP contribution in [0.2, 0.25) is 0 Å². The molecule has 1 aliphatic heterocycles. The highest BCUT2D eigenvalue weighted by molar-refractivity contribution is 7.90. The molecule has 0 spiro atoms. The monoisotopic (exact) mass is 256 g/mol. The number of anilines is 1. The lowest BCUT2D eigenvalue weighted by atomic mass is 10.3. The van der Waals surface area contributed by atoms with Crippen molar-refractivity contribution in [2.45, 2.75) is 6.92 Å². The summed E-state index contributed by atoms with van der Waals surface area (Å²) in [5.41, 5.74) is 1.39. The minimum atomic E-state index is -3.46. The van der Waals surface area contributed by atoms with Gasteiger partial charge in [0.15, 0.2) is 0 Å². The minimum Gasteiger partial charge on any atom is -0.314 e. The van der Waals surface area contributed by atoms with E-state index >= 15 is 0 Å². The Hall–Kier alpha value is -1.18. The van der Waals surface area contributed by atoms with E-state index in [2.05, 4.69) is 15.0 Å². The molecule has 2 N–H and O–H groups in total. The predicted octanol–water partition coefficient (Wildman–Crippen LogP) is -0.0481. The molecular formula is C10H16N4O2S. The van der Waals surface area contributed by atoms with Gasteiger partial charge in [-0.05, 0) is 18.6 Å². The molecule has 0 bridgehead atoms. The Labute approximate surface area is 101 Å². The number of aryl methyl sites for hydroxylation is 1. The van der Waals surface area contributed by atoms with Gasteiger partial charge in [-0.25, -0.2) is 0 Å². The highest BCUT2D eigenvalue weighted by atomic mass is 32.2. The Morgan fingerprint density at radius 2 is 2.12 bits per heavy atom. The number of nitrogens with one attached hydrogen (secondary N) is 2. The zero-order chi connectivity index (χ0) is 12.3. The molecule has 1 fully saturated rings. The largest absolute Gasteiger partial charge is 0.314 e. The van der Waals surface area contributed by atoms with Gasteiger partial charge in [-0.15, -0.1) is 0 Å². The summed E-state index contributed by atoms with van der Waals surface area (Å²) in [5, 5.41) is 3.12. The van der Waals surface area contributed by atoms with E-state index in [1.807, 2.05) is 6.92 Å². The van der Waals surface area contributed by atoms with Gasteiger partial charge in [-0.1, -0.05) is 0 Å². The van der Waals surface area contributed by atoms with E-state index in [4.69, 9.17) is 0 Å². The van der Waals surface area contributed by atoms with E-state index in [-0.39, 0.29) is 0 Å². The smallest absolute Gasteiger partial charge is 0.301 e. The van der Waals surface area contributed by atoms with Crippen LogP contribution < -0.4 is 10.0 Å². The molecule has 0 saturated carbocycles. The van der Waals surface area contributed by atoms with Crippen molar-refractivity contribution in [3.63, 3.8) is 0 Å². The van der Waals surface area contributed by atoms with Gasteiger partial charge in [-0.3, -0.25) is 9.71 Å². The molecule has 0 aromatic carbocycles.